The van der Waals surface area contributed by atoms with Crippen molar-refractivity contribution in [1.82, 2.24) is 10.6 Å². The zero-order valence-electron chi connectivity index (χ0n) is 11.6. The van der Waals surface area contributed by atoms with Crippen LogP contribution in [0.3, 0.4) is 0 Å². The van der Waals surface area contributed by atoms with Gasteiger partial charge in [0.05, 0.1) is 20.1 Å². The molecule has 1 heterocycles. The highest BCUT2D eigenvalue weighted by molar-refractivity contribution is 5.85. The van der Waals surface area contributed by atoms with Crippen molar-refractivity contribution in [3.63, 3.8) is 0 Å². The Bertz CT molecular complexity index is 425. The molecule has 0 atom stereocenters. The van der Waals surface area contributed by atoms with Crippen molar-refractivity contribution in [3.8, 4) is 11.5 Å². The lowest BCUT2D eigenvalue weighted by Gasteiger charge is -2.27. The number of carbonyl (C=O) groups excluding carboxylic acids is 1. The number of hydrogen-bond donors (Lipinski definition) is 2. The summed E-state index contributed by atoms with van der Waals surface area (Å²) < 4.78 is 10.7. The molecule has 0 aromatic heterocycles. The van der Waals surface area contributed by atoms with Gasteiger partial charge >= 0.3 is 0 Å². The minimum atomic E-state index is 0. The normalized spacial score (nSPS) is 13.8. The quantitative estimate of drug-likeness (QED) is 0.795. The summed E-state index contributed by atoms with van der Waals surface area (Å²) in [4.78, 5) is 11.6. The second-order valence-electron chi connectivity index (χ2n) is 4.58. The minimum absolute atomic E-state index is 0. The van der Waals surface area contributed by atoms with Gasteiger partial charge in [-0.3, -0.25) is 4.79 Å². The fourth-order valence-corrected chi connectivity index (χ4v) is 1.83. The predicted molar refractivity (Wildman–Crippen MR) is 79.7 cm³/mol. The number of benzene rings is 1. The van der Waals surface area contributed by atoms with E-state index in [1.54, 1.807) is 7.11 Å². The number of hydrogen-bond acceptors (Lipinski definition) is 4. The average molecular weight is 301 g/mol. The van der Waals surface area contributed by atoms with Crippen molar-refractivity contribution >= 4 is 18.3 Å². The molecule has 2 rings (SSSR count). The van der Waals surface area contributed by atoms with Gasteiger partial charge in [0, 0.05) is 25.6 Å². The number of carbonyl (C=O) groups is 1. The van der Waals surface area contributed by atoms with Gasteiger partial charge in [-0.15, -0.1) is 12.4 Å². The first-order valence-electron chi connectivity index (χ1n) is 6.53. The molecule has 5 nitrogen and oxygen atoms in total. The molecule has 1 aliphatic heterocycles. The molecule has 1 saturated heterocycles. The van der Waals surface area contributed by atoms with E-state index in [1.807, 2.05) is 24.3 Å². The third-order valence-electron chi connectivity index (χ3n) is 3.11. The van der Waals surface area contributed by atoms with Crippen molar-refractivity contribution in [1.29, 1.82) is 0 Å². The van der Waals surface area contributed by atoms with Crippen molar-refractivity contribution in [2.75, 3.05) is 33.4 Å². The molecule has 0 aliphatic carbocycles. The Kier molecular flexibility index (Phi) is 7.18. The number of halogens is 1. The molecule has 20 heavy (non-hydrogen) atoms. The smallest absolute Gasteiger partial charge is 0.223 e. The van der Waals surface area contributed by atoms with Gasteiger partial charge in [0.15, 0.2) is 11.5 Å². The Morgan fingerprint density at radius 2 is 2.05 bits per heavy atom. The third kappa shape index (κ3) is 4.90. The summed E-state index contributed by atoms with van der Waals surface area (Å²) in [6.45, 7) is 3.10. The summed E-state index contributed by atoms with van der Waals surface area (Å²) >= 11 is 0. The Labute approximate surface area is 125 Å². The van der Waals surface area contributed by atoms with Crippen LogP contribution < -0.4 is 20.1 Å². The maximum absolute atomic E-state index is 11.6. The molecule has 1 aromatic carbocycles. The van der Waals surface area contributed by atoms with Crippen LogP contribution in [0.15, 0.2) is 24.3 Å². The largest absolute Gasteiger partial charge is 0.493 e. The van der Waals surface area contributed by atoms with Gasteiger partial charge in [0.25, 0.3) is 0 Å². The molecule has 112 valence electrons. The first-order valence-corrected chi connectivity index (χ1v) is 6.53. The van der Waals surface area contributed by atoms with Gasteiger partial charge in [0.1, 0.15) is 0 Å². The van der Waals surface area contributed by atoms with Crippen LogP contribution in [0.25, 0.3) is 0 Å². The highest BCUT2D eigenvalue weighted by Crippen LogP contribution is 2.25. The van der Waals surface area contributed by atoms with E-state index in [4.69, 9.17) is 9.47 Å². The first kappa shape index (κ1) is 16.6. The zero-order valence-corrected chi connectivity index (χ0v) is 12.4. The molecule has 2 N–H and O–H groups in total. The Hall–Kier alpha value is -1.46. The number of nitrogens with one attached hydrogen (secondary N) is 2. The van der Waals surface area contributed by atoms with Gasteiger partial charge in [0.2, 0.25) is 5.91 Å². The van der Waals surface area contributed by atoms with E-state index in [1.165, 1.54) is 0 Å². The lowest BCUT2D eigenvalue weighted by atomic mass is 10.0. The maximum atomic E-state index is 11.6. The van der Waals surface area contributed by atoms with Crippen LogP contribution in [0, 0.1) is 5.92 Å². The second-order valence-corrected chi connectivity index (χ2v) is 4.58. The van der Waals surface area contributed by atoms with E-state index in [2.05, 4.69) is 10.6 Å². The van der Waals surface area contributed by atoms with Crippen LogP contribution in [0.2, 0.25) is 0 Å². The molecular formula is C14H21ClN2O3. The van der Waals surface area contributed by atoms with Crippen molar-refractivity contribution < 1.29 is 14.3 Å². The van der Waals surface area contributed by atoms with Gasteiger partial charge < -0.3 is 20.1 Å². The number of amides is 1. The molecule has 1 amide bonds. The van der Waals surface area contributed by atoms with E-state index in [0.29, 0.717) is 30.4 Å². The van der Waals surface area contributed by atoms with E-state index >= 15 is 0 Å². The first-order chi connectivity index (χ1) is 9.29. The van der Waals surface area contributed by atoms with Crippen LogP contribution in [0.4, 0.5) is 0 Å². The van der Waals surface area contributed by atoms with E-state index in [0.717, 1.165) is 19.6 Å². The van der Waals surface area contributed by atoms with Crippen LogP contribution in [-0.2, 0) is 4.79 Å². The monoisotopic (exact) mass is 300 g/mol. The van der Waals surface area contributed by atoms with E-state index < -0.39 is 0 Å². The van der Waals surface area contributed by atoms with Crippen molar-refractivity contribution in [3.05, 3.63) is 24.3 Å². The van der Waals surface area contributed by atoms with Crippen LogP contribution in [0.5, 0.6) is 11.5 Å². The molecule has 1 aromatic rings. The van der Waals surface area contributed by atoms with Gasteiger partial charge in [-0.2, -0.15) is 0 Å². The maximum Gasteiger partial charge on any atom is 0.223 e. The fourth-order valence-electron chi connectivity index (χ4n) is 1.83. The number of para-hydroxylation sites is 2. The van der Waals surface area contributed by atoms with Gasteiger partial charge in [-0.25, -0.2) is 0 Å². The zero-order chi connectivity index (χ0) is 13.5. The SMILES string of the molecule is COc1ccccc1OCCC(=O)NCC1CNC1.Cl. The highest BCUT2D eigenvalue weighted by atomic mass is 35.5. The van der Waals surface area contributed by atoms with Gasteiger partial charge in [-0.1, -0.05) is 12.1 Å². The van der Waals surface area contributed by atoms with Crippen LogP contribution in [-0.4, -0.2) is 39.3 Å². The average Bonchev–Trinajstić information content (AvgIpc) is 2.37. The summed E-state index contributed by atoms with van der Waals surface area (Å²) in [5, 5.41) is 6.08. The topological polar surface area (TPSA) is 59.6 Å². The highest BCUT2D eigenvalue weighted by Gasteiger charge is 2.16. The number of ether oxygens (including phenoxy) is 2. The molecule has 0 spiro atoms. The summed E-state index contributed by atoms with van der Waals surface area (Å²) in [6, 6.07) is 7.42. The Balaban J connectivity index is 0.00000200. The number of methoxy groups -OCH3 is 1. The van der Waals surface area contributed by atoms with Gasteiger partial charge in [-0.05, 0) is 12.1 Å². The molecule has 0 unspecified atom stereocenters. The third-order valence-corrected chi connectivity index (χ3v) is 3.11. The second kappa shape index (κ2) is 8.66. The molecule has 0 radical (unpaired) electrons. The standard InChI is InChI=1S/C14H20N2O3.ClH/c1-18-12-4-2-3-5-13(12)19-7-6-14(17)16-10-11-8-15-9-11;/h2-5,11,15H,6-10H2,1H3,(H,16,17);1H. The minimum Gasteiger partial charge on any atom is -0.493 e. The Morgan fingerprint density at radius 1 is 1.35 bits per heavy atom. The lowest BCUT2D eigenvalue weighted by Crippen LogP contribution is -2.48. The van der Waals surface area contributed by atoms with Crippen molar-refractivity contribution in [2.24, 2.45) is 5.92 Å². The Morgan fingerprint density at radius 3 is 2.65 bits per heavy atom. The summed E-state index contributed by atoms with van der Waals surface area (Å²) in [5.74, 6) is 1.96. The predicted octanol–water partition coefficient (Wildman–Crippen LogP) is 1.22. The molecule has 0 bridgehead atoms. The molecular weight excluding hydrogens is 280 g/mol. The molecule has 0 saturated carbocycles. The summed E-state index contributed by atoms with van der Waals surface area (Å²) in [5.41, 5.74) is 0. The molecule has 6 heteroatoms. The fraction of sp³-hybridized carbons (Fsp3) is 0.500. The molecule has 1 aliphatic rings. The summed E-state index contributed by atoms with van der Waals surface area (Å²) in [7, 11) is 1.60. The van der Waals surface area contributed by atoms with E-state index in [-0.39, 0.29) is 18.3 Å². The molecule has 1 fully saturated rings. The van der Waals surface area contributed by atoms with Crippen molar-refractivity contribution in [2.45, 2.75) is 6.42 Å². The lowest BCUT2D eigenvalue weighted by molar-refractivity contribution is -0.121. The van der Waals surface area contributed by atoms with Crippen LogP contribution in [0.1, 0.15) is 6.42 Å². The van der Waals surface area contributed by atoms with Crippen LogP contribution >= 0.6 is 12.4 Å². The number of rotatable bonds is 7. The summed E-state index contributed by atoms with van der Waals surface area (Å²) in [6.07, 6.45) is 0.359. The van der Waals surface area contributed by atoms with E-state index in [9.17, 15) is 4.79 Å².